The summed E-state index contributed by atoms with van der Waals surface area (Å²) in [6.45, 7) is 4.55. The highest BCUT2D eigenvalue weighted by atomic mass is 16.5. The zero-order valence-corrected chi connectivity index (χ0v) is 43.5. The van der Waals surface area contributed by atoms with E-state index in [1.54, 1.807) is 0 Å². The Kier molecular flexibility index (Phi) is 15.4. The van der Waals surface area contributed by atoms with E-state index in [9.17, 15) is 0 Å². The smallest absolute Gasteiger partial charge is 0.127 e. The van der Waals surface area contributed by atoms with Crippen LogP contribution in [0.4, 0.5) is 0 Å². The highest BCUT2D eigenvalue weighted by Gasteiger charge is 2.17. The maximum atomic E-state index is 6.24. The van der Waals surface area contributed by atoms with E-state index in [4.69, 9.17) is 19.4 Å². The highest BCUT2D eigenvalue weighted by Crippen LogP contribution is 2.37. The lowest BCUT2D eigenvalue weighted by Gasteiger charge is -2.15. The minimum atomic E-state index is 0.794. The molecule has 6 nitrogen and oxygen atoms in total. The number of aryl methyl sites for hydroxylation is 2. The Hall–Kier alpha value is -8.74. The average Bonchev–Trinajstić information content (AvgIpc) is 3.54. The molecule has 0 aliphatic heterocycles. The van der Waals surface area contributed by atoms with Gasteiger partial charge in [0.1, 0.15) is 23.0 Å². The fraction of sp³-hybridized carbons (Fsp3) is 0.171. The number of nitrogens with zero attached hydrogens (tertiary/aromatic N) is 4. The first-order valence-electron chi connectivity index (χ1n) is 27.1. The molecule has 0 saturated heterocycles. The molecule has 11 aromatic rings. The molecule has 7 aromatic carbocycles. The van der Waals surface area contributed by atoms with Gasteiger partial charge in [0.2, 0.25) is 0 Å². The third-order valence-corrected chi connectivity index (χ3v) is 14.5. The average molecular weight is 991 g/mol. The summed E-state index contributed by atoms with van der Waals surface area (Å²) in [6, 6.07) is 68.0. The second-order valence-electron chi connectivity index (χ2n) is 19.7. The van der Waals surface area contributed by atoms with E-state index in [1.165, 1.54) is 60.4 Å². The number of ether oxygens (including phenoxy) is 2. The van der Waals surface area contributed by atoms with Crippen LogP contribution in [0.5, 0.6) is 23.0 Å². The monoisotopic (exact) mass is 990 g/mol. The maximum Gasteiger partial charge on any atom is 0.127 e. The van der Waals surface area contributed by atoms with Gasteiger partial charge in [-0.3, -0.25) is 9.97 Å². The van der Waals surface area contributed by atoms with Crippen LogP contribution in [-0.4, -0.2) is 19.9 Å². The van der Waals surface area contributed by atoms with Gasteiger partial charge in [-0.1, -0.05) is 162 Å². The number of pyridine rings is 4. The first kappa shape index (κ1) is 49.5. The Bertz CT molecular complexity index is 3410. The van der Waals surface area contributed by atoms with Crippen LogP contribution in [0.3, 0.4) is 0 Å². The molecule has 4 aromatic heterocycles. The number of aromatic nitrogens is 4. The molecular weight excluding hydrogens is 929 g/mol. The lowest BCUT2D eigenvalue weighted by atomic mass is 9.94. The molecule has 4 heterocycles. The van der Waals surface area contributed by atoms with Gasteiger partial charge in [-0.05, 0) is 166 Å². The molecule has 0 N–H and O–H groups in total. The van der Waals surface area contributed by atoms with E-state index in [2.05, 4.69) is 145 Å². The number of hydrogen-bond acceptors (Lipinski definition) is 6. The summed E-state index contributed by atoms with van der Waals surface area (Å²) in [6.07, 6.45) is 18.8. The largest absolute Gasteiger partial charge is 0.457 e. The molecule has 374 valence electrons. The van der Waals surface area contributed by atoms with Crippen molar-refractivity contribution in [2.75, 3.05) is 0 Å². The van der Waals surface area contributed by atoms with Crippen molar-refractivity contribution in [3.05, 3.63) is 230 Å². The first-order chi connectivity index (χ1) is 37.5. The molecule has 0 saturated carbocycles. The molecule has 0 fully saturated rings. The molecule has 0 aliphatic carbocycles. The van der Waals surface area contributed by atoms with E-state index in [0.29, 0.717) is 0 Å². The van der Waals surface area contributed by atoms with Gasteiger partial charge in [-0.25, -0.2) is 9.97 Å². The Balaban J connectivity index is 0.866. The van der Waals surface area contributed by atoms with Gasteiger partial charge in [0.05, 0.1) is 22.4 Å². The topological polar surface area (TPSA) is 70.0 Å². The fourth-order valence-electron chi connectivity index (χ4n) is 10.2. The number of unbranched alkanes of at least 4 members (excludes halogenated alkanes) is 6. The quantitative estimate of drug-likeness (QED) is 0.0560. The molecule has 0 radical (unpaired) electrons. The number of hydrogen-bond donors (Lipinski definition) is 0. The summed E-state index contributed by atoms with van der Waals surface area (Å²) >= 11 is 0. The van der Waals surface area contributed by atoms with Crippen molar-refractivity contribution in [3.8, 4) is 90.0 Å². The molecule has 0 unspecified atom stereocenters. The van der Waals surface area contributed by atoms with Crippen molar-refractivity contribution in [1.29, 1.82) is 0 Å². The SMILES string of the molecule is CCCCCCc1cc(-c2ccc(-c3ccc(Oc4ccc(-c5ccncc5)cc4)cc3)cc2)nc2c1ccc1c(CCCCCC)cc(-c3ccc(-c4ccc(Oc5ccc(-c6ccncc6)cc5)cc4)cc3)nc12. The Morgan fingerprint density at radius 3 is 0.868 bits per heavy atom. The van der Waals surface area contributed by atoms with E-state index in [1.807, 2.05) is 97.6 Å². The summed E-state index contributed by atoms with van der Waals surface area (Å²) < 4.78 is 12.5. The molecule has 0 spiro atoms. The van der Waals surface area contributed by atoms with Crippen molar-refractivity contribution in [1.82, 2.24) is 19.9 Å². The summed E-state index contributed by atoms with van der Waals surface area (Å²) in [5, 5.41) is 2.39. The Labute approximate surface area is 447 Å². The summed E-state index contributed by atoms with van der Waals surface area (Å²) in [5.41, 5.74) is 17.8. The van der Waals surface area contributed by atoms with Crippen molar-refractivity contribution < 1.29 is 9.47 Å². The predicted molar refractivity (Wildman–Crippen MR) is 314 cm³/mol. The highest BCUT2D eigenvalue weighted by molar-refractivity contribution is 6.06. The third-order valence-electron chi connectivity index (χ3n) is 14.5. The standard InChI is InChI=1S/C70H62N4O2/c1-3-5-7-9-11-59-47-67(57-17-13-49(14-18-57)51-21-29-61(30-22-51)75-63-33-25-53(26-34-63)55-39-43-71-44-40-55)73-69-65(59)37-38-66-60(12-10-8-6-4-2)48-68(74-70(66)69)58-19-15-50(16-20-58)52-23-31-62(32-24-52)76-64-35-27-54(28-36-64)56-41-45-72-46-42-56/h13-48H,3-12H2,1-2H3. The van der Waals surface area contributed by atoms with Gasteiger partial charge in [-0.2, -0.15) is 0 Å². The Morgan fingerprint density at radius 2 is 0.566 bits per heavy atom. The van der Waals surface area contributed by atoms with E-state index in [0.717, 1.165) is 127 Å². The molecule has 76 heavy (non-hydrogen) atoms. The lowest BCUT2D eigenvalue weighted by molar-refractivity contribution is 0.482. The van der Waals surface area contributed by atoms with Crippen molar-refractivity contribution in [2.45, 2.75) is 78.1 Å². The third kappa shape index (κ3) is 11.6. The maximum absolute atomic E-state index is 6.24. The van der Waals surface area contributed by atoms with Gasteiger partial charge in [0.15, 0.2) is 0 Å². The number of fused-ring (bicyclic) bond motifs is 3. The van der Waals surface area contributed by atoms with Gasteiger partial charge >= 0.3 is 0 Å². The van der Waals surface area contributed by atoms with Crippen LogP contribution < -0.4 is 9.47 Å². The minimum Gasteiger partial charge on any atom is -0.457 e. The van der Waals surface area contributed by atoms with Crippen molar-refractivity contribution in [2.24, 2.45) is 0 Å². The second kappa shape index (κ2) is 23.6. The van der Waals surface area contributed by atoms with Gasteiger partial charge in [-0.15, -0.1) is 0 Å². The molecular formula is C70H62N4O2. The van der Waals surface area contributed by atoms with E-state index >= 15 is 0 Å². The van der Waals surface area contributed by atoms with Crippen LogP contribution in [0.1, 0.15) is 76.3 Å². The van der Waals surface area contributed by atoms with E-state index in [-0.39, 0.29) is 0 Å². The van der Waals surface area contributed by atoms with Crippen LogP contribution >= 0.6 is 0 Å². The molecule has 0 bridgehead atoms. The van der Waals surface area contributed by atoms with Gasteiger partial charge in [0.25, 0.3) is 0 Å². The Morgan fingerprint density at radius 1 is 0.289 bits per heavy atom. The van der Waals surface area contributed by atoms with Crippen LogP contribution in [0.15, 0.2) is 219 Å². The molecule has 0 aliphatic rings. The van der Waals surface area contributed by atoms with Crippen LogP contribution in [0.25, 0.3) is 88.8 Å². The van der Waals surface area contributed by atoms with Crippen LogP contribution in [0, 0.1) is 0 Å². The van der Waals surface area contributed by atoms with Crippen molar-refractivity contribution in [3.63, 3.8) is 0 Å². The number of rotatable bonds is 20. The zero-order valence-electron chi connectivity index (χ0n) is 43.5. The molecule has 6 heteroatoms. The summed E-state index contributed by atoms with van der Waals surface area (Å²) in [4.78, 5) is 19.4. The van der Waals surface area contributed by atoms with Crippen molar-refractivity contribution >= 4 is 21.8 Å². The van der Waals surface area contributed by atoms with E-state index < -0.39 is 0 Å². The van der Waals surface area contributed by atoms with Gasteiger partial charge in [0, 0.05) is 46.7 Å². The lowest BCUT2D eigenvalue weighted by Crippen LogP contribution is -1.99. The molecule has 0 atom stereocenters. The number of benzene rings is 7. The second-order valence-corrected chi connectivity index (χ2v) is 19.7. The minimum absolute atomic E-state index is 0.794. The first-order valence-corrected chi connectivity index (χ1v) is 27.1. The fourth-order valence-corrected chi connectivity index (χ4v) is 10.2. The molecule has 11 rings (SSSR count). The molecule has 0 amide bonds. The normalized spacial score (nSPS) is 11.3. The summed E-state index contributed by atoms with van der Waals surface area (Å²) in [7, 11) is 0. The summed E-state index contributed by atoms with van der Waals surface area (Å²) in [5.74, 6) is 3.18. The zero-order chi connectivity index (χ0) is 51.5. The van der Waals surface area contributed by atoms with Crippen LogP contribution in [-0.2, 0) is 12.8 Å². The van der Waals surface area contributed by atoms with Crippen LogP contribution in [0.2, 0.25) is 0 Å². The van der Waals surface area contributed by atoms with Gasteiger partial charge < -0.3 is 9.47 Å². The predicted octanol–water partition coefficient (Wildman–Crippen LogP) is 19.4.